The first kappa shape index (κ1) is 18.3. The summed E-state index contributed by atoms with van der Waals surface area (Å²) < 4.78 is 6.59. The van der Waals surface area contributed by atoms with Crippen molar-refractivity contribution in [3.05, 3.63) is 52.1 Å². The lowest BCUT2D eigenvalue weighted by Crippen LogP contribution is -2.57. The first-order valence-electron chi connectivity index (χ1n) is 8.63. The number of rotatable bonds is 4. The van der Waals surface area contributed by atoms with E-state index in [-0.39, 0.29) is 30.3 Å². The second kappa shape index (κ2) is 7.48. The normalized spacial score (nSPS) is 19.9. The van der Waals surface area contributed by atoms with Crippen LogP contribution in [0.1, 0.15) is 6.42 Å². The van der Waals surface area contributed by atoms with Gasteiger partial charge in [0.25, 0.3) is 0 Å². The molecule has 0 radical (unpaired) electrons. The van der Waals surface area contributed by atoms with Gasteiger partial charge < -0.3 is 14.5 Å². The lowest BCUT2D eigenvalue weighted by atomic mass is 10.0. The van der Waals surface area contributed by atoms with Gasteiger partial charge in [-0.2, -0.15) is 0 Å². The van der Waals surface area contributed by atoms with E-state index in [1.54, 1.807) is 40.3 Å². The molecule has 0 saturated carbocycles. The minimum Gasteiger partial charge on any atom is -0.470 e. The maximum absolute atomic E-state index is 12.7. The molecule has 2 aliphatic heterocycles. The number of aromatic nitrogens is 1. The first-order valence-corrected chi connectivity index (χ1v) is 9.80. The molecule has 0 N–H and O–H groups in total. The molecule has 2 amide bonds. The molecule has 1 atom stereocenters. The van der Waals surface area contributed by atoms with E-state index >= 15 is 0 Å². The maximum Gasteiger partial charge on any atom is 0.228 e. The van der Waals surface area contributed by atoms with E-state index in [9.17, 15) is 9.59 Å². The van der Waals surface area contributed by atoms with Crippen LogP contribution in [-0.2, 0) is 9.59 Å². The molecule has 4 rings (SSSR count). The summed E-state index contributed by atoms with van der Waals surface area (Å²) in [5, 5.41) is 0.615. The fourth-order valence-electron chi connectivity index (χ4n) is 3.31. The molecule has 6 nitrogen and oxygen atoms in total. The Morgan fingerprint density at radius 3 is 2.63 bits per heavy atom. The van der Waals surface area contributed by atoms with Gasteiger partial charge in [0, 0.05) is 29.9 Å². The van der Waals surface area contributed by atoms with Crippen molar-refractivity contribution in [2.45, 2.75) is 12.5 Å². The summed E-state index contributed by atoms with van der Waals surface area (Å²) >= 11 is 9.30. The Bertz CT molecular complexity index is 871. The van der Waals surface area contributed by atoms with Gasteiger partial charge in [0.05, 0.1) is 23.5 Å². The van der Waals surface area contributed by atoms with Crippen molar-refractivity contribution in [2.24, 2.45) is 5.92 Å². The van der Waals surface area contributed by atoms with E-state index in [4.69, 9.17) is 16.3 Å². The zero-order valence-corrected chi connectivity index (χ0v) is 16.7. The summed E-state index contributed by atoms with van der Waals surface area (Å²) in [5.74, 6) is 0.163. The molecule has 0 bridgehead atoms. The summed E-state index contributed by atoms with van der Waals surface area (Å²) in [6, 6.07) is 10.8. The van der Waals surface area contributed by atoms with Gasteiger partial charge in [-0.05, 0) is 52.3 Å². The van der Waals surface area contributed by atoms with Crippen molar-refractivity contribution < 1.29 is 14.3 Å². The highest BCUT2D eigenvalue weighted by Crippen LogP contribution is 2.29. The minimum absolute atomic E-state index is 0.000231. The second-order valence-electron chi connectivity index (χ2n) is 6.66. The van der Waals surface area contributed by atoms with Gasteiger partial charge in [-0.3, -0.25) is 9.59 Å². The standard InChI is InChI=1S/C19H17BrClN3O3/c20-16-2-1-7-22-18(16)27-15-10-23(11-15)19(26)12-8-17(25)24(9-12)14-5-3-13(21)4-6-14/h1-7,12,15H,8-11H2. The third-order valence-electron chi connectivity index (χ3n) is 4.78. The summed E-state index contributed by atoms with van der Waals surface area (Å²) in [6.07, 6.45) is 1.82. The molecule has 1 unspecified atom stereocenters. The van der Waals surface area contributed by atoms with Crippen LogP contribution in [0.4, 0.5) is 5.69 Å². The van der Waals surface area contributed by atoms with Crippen LogP contribution in [0.3, 0.4) is 0 Å². The van der Waals surface area contributed by atoms with Gasteiger partial charge in [-0.25, -0.2) is 4.98 Å². The zero-order chi connectivity index (χ0) is 19.0. The van der Waals surface area contributed by atoms with Crippen molar-refractivity contribution in [1.82, 2.24) is 9.88 Å². The van der Waals surface area contributed by atoms with Crippen molar-refractivity contribution in [3.8, 4) is 5.88 Å². The Kier molecular flexibility index (Phi) is 5.06. The van der Waals surface area contributed by atoms with Crippen molar-refractivity contribution in [1.29, 1.82) is 0 Å². The van der Waals surface area contributed by atoms with Crippen LogP contribution in [0.15, 0.2) is 47.1 Å². The van der Waals surface area contributed by atoms with Crippen molar-refractivity contribution in [2.75, 3.05) is 24.5 Å². The molecule has 27 heavy (non-hydrogen) atoms. The van der Waals surface area contributed by atoms with E-state index in [0.29, 0.717) is 30.5 Å². The predicted molar refractivity (Wildman–Crippen MR) is 105 cm³/mol. The third-order valence-corrected chi connectivity index (χ3v) is 5.63. The number of carbonyl (C=O) groups is 2. The van der Waals surface area contributed by atoms with Gasteiger partial charge in [0.1, 0.15) is 6.10 Å². The molecule has 2 fully saturated rings. The number of likely N-dealkylation sites (tertiary alicyclic amines) is 1. The van der Waals surface area contributed by atoms with E-state index in [2.05, 4.69) is 20.9 Å². The summed E-state index contributed by atoms with van der Waals surface area (Å²) in [6.45, 7) is 1.41. The molecule has 1 aromatic carbocycles. The van der Waals surface area contributed by atoms with Crippen molar-refractivity contribution in [3.63, 3.8) is 0 Å². The van der Waals surface area contributed by atoms with E-state index in [0.717, 1.165) is 10.2 Å². The number of carbonyl (C=O) groups excluding carboxylic acids is 2. The lowest BCUT2D eigenvalue weighted by Gasteiger charge is -2.40. The third kappa shape index (κ3) is 3.80. The molecule has 8 heteroatoms. The smallest absolute Gasteiger partial charge is 0.228 e. The van der Waals surface area contributed by atoms with E-state index in [1.807, 2.05) is 12.1 Å². The molecule has 2 aliphatic rings. The van der Waals surface area contributed by atoms with Gasteiger partial charge in [-0.1, -0.05) is 11.6 Å². The Morgan fingerprint density at radius 1 is 1.19 bits per heavy atom. The van der Waals surface area contributed by atoms with E-state index in [1.165, 1.54) is 0 Å². The topological polar surface area (TPSA) is 62.7 Å². The SMILES string of the molecule is O=C(C1CC(=O)N(c2ccc(Cl)cc2)C1)N1CC(Oc2ncccc2Br)C1. The van der Waals surface area contributed by atoms with Crippen LogP contribution in [0, 0.1) is 5.92 Å². The van der Waals surface area contributed by atoms with Crippen LogP contribution in [0.2, 0.25) is 5.02 Å². The van der Waals surface area contributed by atoms with Crippen LogP contribution >= 0.6 is 27.5 Å². The fraction of sp³-hybridized carbons (Fsp3) is 0.316. The predicted octanol–water partition coefficient (Wildman–Crippen LogP) is 3.14. The average molecular weight is 451 g/mol. The first-order chi connectivity index (χ1) is 13.0. The van der Waals surface area contributed by atoms with Gasteiger partial charge >= 0.3 is 0 Å². The van der Waals surface area contributed by atoms with Crippen LogP contribution in [-0.4, -0.2) is 47.4 Å². The maximum atomic E-state index is 12.7. The fourth-order valence-corrected chi connectivity index (χ4v) is 3.78. The van der Waals surface area contributed by atoms with Crippen LogP contribution in [0.5, 0.6) is 5.88 Å². The highest BCUT2D eigenvalue weighted by atomic mass is 79.9. The Hall–Kier alpha value is -2.12. The lowest BCUT2D eigenvalue weighted by molar-refractivity contribution is -0.144. The molecule has 0 aliphatic carbocycles. The number of pyridine rings is 1. The van der Waals surface area contributed by atoms with Crippen LogP contribution < -0.4 is 9.64 Å². The number of anilines is 1. The number of benzene rings is 1. The van der Waals surface area contributed by atoms with E-state index < -0.39 is 0 Å². The zero-order valence-electron chi connectivity index (χ0n) is 14.3. The average Bonchev–Trinajstić information content (AvgIpc) is 3.01. The largest absolute Gasteiger partial charge is 0.470 e. The molecule has 0 spiro atoms. The van der Waals surface area contributed by atoms with Crippen molar-refractivity contribution >= 4 is 45.0 Å². The molecule has 140 valence electrons. The number of hydrogen-bond donors (Lipinski definition) is 0. The Balaban J connectivity index is 1.33. The van der Waals surface area contributed by atoms with Gasteiger partial charge in [0.15, 0.2) is 0 Å². The van der Waals surface area contributed by atoms with Crippen LogP contribution in [0.25, 0.3) is 0 Å². The second-order valence-corrected chi connectivity index (χ2v) is 7.95. The molecule has 1 aromatic heterocycles. The number of nitrogens with zero attached hydrogens (tertiary/aromatic N) is 3. The summed E-state index contributed by atoms with van der Waals surface area (Å²) in [4.78, 5) is 32.6. The highest BCUT2D eigenvalue weighted by molar-refractivity contribution is 9.10. The summed E-state index contributed by atoms with van der Waals surface area (Å²) in [5.41, 5.74) is 0.768. The summed E-state index contributed by atoms with van der Waals surface area (Å²) in [7, 11) is 0. The number of halogens is 2. The Labute approximate surface area is 170 Å². The monoisotopic (exact) mass is 449 g/mol. The molecule has 3 heterocycles. The quantitative estimate of drug-likeness (QED) is 0.718. The Morgan fingerprint density at radius 2 is 1.93 bits per heavy atom. The molecule has 2 aromatic rings. The van der Waals surface area contributed by atoms with Gasteiger partial charge in [-0.15, -0.1) is 0 Å². The van der Waals surface area contributed by atoms with Gasteiger partial charge in [0.2, 0.25) is 17.7 Å². The molecular formula is C19H17BrClN3O3. The molecular weight excluding hydrogens is 434 g/mol. The highest BCUT2D eigenvalue weighted by Gasteiger charge is 2.41. The minimum atomic E-state index is -0.323. The molecule has 2 saturated heterocycles. The number of ether oxygens (including phenoxy) is 1. The number of hydrogen-bond acceptors (Lipinski definition) is 4. The number of amides is 2.